The lowest BCUT2D eigenvalue weighted by Crippen LogP contribution is -1.97. The third-order valence-electron chi connectivity index (χ3n) is 3.36. The zero-order chi connectivity index (χ0) is 15.4. The maximum atomic E-state index is 11.0. The molecule has 3 nitrogen and oxygen atoms in total. The van der Waals surface area contributed by atoms with Gasteiger partial charge in [0, 0.05) is 18.2 Å². The summed E-state index contributed by atoms with van der Waals surface area (Å²) < 4.78 is 0. The zero-order valence-corrected chi connectivity index (χ0v) is 12.7. The van der Waals surface area contributed by atoms with E-state index in [1.165, 1.54) is 5.56 Å². The summed E-state index contributed by atoms with van der Waals surface area (Å²) >= 11 is 1.62. The monoisotopic (exact) mass is 309 g/mol. The van der Waals surface area contributed by atoms with Gasteiger partial charge in [0.25, 0.3) is 0 Å². The average Bonchev–Trinajstić information content (AvgIpc) is 2.95. The Morgan fingerprint density at radius 1 is 1.00 bits per heavy atom. The van der Waals surface area contributed by atoms with E-state index in [1.807, 2.05) is 24.3 Å². The number of nitrogens with zero attached hydrogens (tertiary/aromatic N) is 1. The lowest BCUT2D eigenvalue weighted by atomic mass is 10.1. The molecular weight excluding hydrogens is 294 g/mol. The summed E-state index contributed by atoms with van der Waals surface area (Å²) in [6.45, 7) is 0. The summed E-state index contributed by atoms with van der Waals surface area (Å²) in [5.41, 5.74) is 3.59. The Hall–Kier alpha value is -2.46. The van der Waals surface area contributed by atoms with Crippen LogP contribution in [-0.2, 0) is 12.8 Å². The van der Waals surface area contributed by atoms with Gasteiger partial charge in [-0.05, 0) is 23.3 Å². The lowest BCUT2D eigenvalue weighted by molar-refractivity contribution is 0.0697. The maximum absolute atomic E-state index is 11.0. The van der Waals surface area contributed by atoms with Gasteiger partial charge in [-0.25, -0.2) is 9.78 Å². The molecule has 1 aromatic heterocycles. The molecule has 0 fully saturated rings. The van der Waals surface area contributed by atoms with E-state index in [1.54, 1.807) is 29.5 Å². The second kappa shape index (κ2) is 6.54. The highest BCUT2D eigenvalue weighted by atomic mass is 32.1. The first-order valence-electron chi connectivity index (χ1n) is 7.00. The molecule has 0 atom stereocenters. The molecule has 0 aliphatic carbocycles. The van der Waals surface area contributed by atoms with E-state index in [0.29, 0.717) is 12.0 Å². The van der Waals surface area contributed by atoms with Crippen molar-refractivity contribution in [3.05, 3.63) is 87.4 Å². The van der Waals surface area contributed by atoms with Gasteiger partial charge >= 0.3 is 5.97 Å². The molecule has 1 N–H and O–H groups in total. The van der Waals surface area contributed by atoms with Crippen LogP contribution in [0.15, 0.2) is 60.0 Å². The number of carboxylic acids is 1. The van der Waals surface area contributed by atoms with Gasteiger partial charge in [0.15, 0.2) is 0 Å². The molecule has 0 saturated carbocycles. The first-order valence-corrected chi connectivity index (χ1v) is 7.88. The van der Waals surface area contributed by atoms with Gasteiger partial charge in [-0.3, -0.25) is 0 Å². The highest BCUT2D eigenvalue weighted by Crippen LogP contribution is 2.18. The second-order valence-corrected chi connectivity index (χ2v) is 6.02. The van der Waals surface area contributed by atoms with E-state index < -0.39 is 5.97 Å². The molecule has 0 saturated heterocycles. The van der Waals surface area contributed by atoms with Crippen LogP contribution in [0.4, 0.5) is 0 Å². The number of carboxylic acid groups (broad SMARTS) is 1. The van der Waals surface area contributed by atoms with Gasteiger partial charge in [-0.2, -0.15) is 0 Å². The van der Waals surface area contributed by atoms with Crippen molar-refractivity contribution >= 4 is 17.3 Å². The summed E-state index contributed by atoms with van der Waals surface area (Å²) in [7, 11) is 0. The fourth-order valence-corrected chi connectivity index (χ4v) is 3.13. The first kappa shape index (κ1) is 14.5. The molecule has 22 heavy (non-hydrogen) atoms. The molecule has 0 radical (unpaired) electrons. The van der Waals surface area contributed by atoms with Crippen LogP contribution in [0.3, 0.4) is 0 Å². The summed E-state index contributed by atoms with van der Waals surface area (Å²) in [5.74, 6) is -0.897. The second-order valence-electron chi connectivity index (χ2n) is 5.08. The third-order valence-corrected chi connectivity index (χ3v) is 4.25. The Kier molecular flexibility index (Phi) is 4.30. The molecule has 110 valence electrons. The summed E-state index contributed by atoms with van der Waals surface area (Å²) in [4.78, 5) is 15.6. The van der Waals surface area contributed by atoms with E-state index >= 15 is 0 Å². The Bertz CT molecular complexity index is 781. The van der Waals surface area contributed by atoms with Crippen molar-refractivity contribution in [3.63, 3.8) is 0 Å². The molecule has 3 aromatic rings. The minimum atomic E-state index is -0.897. The Morgan fingerprint density at radius 2 is 1.77 bits per heavy atom. The number of aromatic carboxylic acids is 1. The van der Waals surface area contributed by atoms with Crippen molar-refractivity contribution in [1.82, 2.24) is 4.98 Å². The smallest absolute Gasteiger partial charge is 0.335 e. The van der Waals surface area contributed by atoms with Gasteiger partial charge in [-0.15, -0.1) is 11.3 Å². The Balaban J connectivity index is 1.72. The van der Waals surface area contributed by atoms with Crippen LogP contribution in [0.1, 0.15) is 32.2 Å². The fourth-order valence-electron chi connectivity index (χ4n) is 2.31. The number of rotatable bonds is 5. The number of thiazole rings is 1. The molecule has 1 heterocycles. The number of hydrogen-bond donors (Lipinski definition) is 1. The molecule has 0 unspecified atom stereocenters. The molecule has 0 spiro atoms. The van der Waals surface area contributed by atoms with E-state index in [-0.39, 0.29) is 0 Å². The maximum Gasteiger partial charge on any atom is 0.335 e. The molecule has 4 heteroatoms. The summed E-state index contributed by atoms with van der Waals surface area (Å²) in [6.07, 6.45) is 1.49. The standard InChI is InChI=1S/C18H15NO2S/c20-18(21)15-8-4-7-14(9-15)11-17-19-16(12-22-17)10-13-5-2-1-3-6-13/h1-9,12H,10-11H2,(H,20,21). The zero-order valence-electron chi connectivity index (χ0n) is 11.9. The predicted molar refractivity (Wildman–Crippen MR) is 87.6 cm³/mol. The van der Waals surface area contributed by atoms with Crippen LogP contribution >= 0.6 is 11.3 Å². The lowest BCUT2D eigenvalue weighted by Gasteiger charge is -2.00. The van der Waals surface area contributed by atoms with Crippen molar-refractivity contribution in [1.29, 1.82) is 0 Å². The van der Waals surface area contributed by atoms with Crippen molar-refractivity contribution in [3.8, 4) is 0 Å². The van der Waals surface area contributed by atoms with E-state index in [9.17, 15) is 4.79 Å². The van der Waals surface area contributed by atoms with Crippen LogP contribution in [0.2, 0.25) is 0 Å². The normalized spacial score (nSPS) is 10.5. The van der Waals surface area contributed by atoms with Crippen molar-refractivity contribution < 1.29 is 9.90 Å². The molecule has 0 bridgehead atoms. The summed E-state index contributed by atoms with van der Waals surface area (Å²) in [6, 6.07) is 17.3. The largest absolute Gasteiger partial charge is 0.478 e. The number of benzene rings is 2. The number of carbonyl (C=O) groups is 1. The van der Waals surface area contributed by atoms with Crippen LogP contribution in [-0.4, -0.2) is 16.1 Å². The van der Waals surface area contributed by atoms with Gasteiger partial charge in [0.2, 0.25) is 0 Å². The van der Waals surface area contributed by atoms with Crippen LogP contribution in [0, 0.1) is 0 Å². The van der Waals surface area contributed by atoms with E-state index in [2.05, 4.69) is 22.5 Å². The average molecular weight is 309 g/mol. The van der Waals surface area contributed by atoms with Gasteiger partial charge in [-0.1, -0.05) is 42.5 Å². The van der Waals surface area contributed by atoms with Crippen molar-refractivity contribution in [2.24, 2.45) is 0 Å². The van der Waals surface area contributed by atoms with Gasteiger partial charge < -0.3 is 5.11 Å². The minimum Gasteiger partial charge on any atom is -0.478 e. The minimum absolute atomic E-state index is 0.318. The number of hydrogen-bond acceptors (Lipinski definition) is 3. The van der Waals surface area contributed by atoms with Crippen LogP contribution < -0.4 is 0 Å². The van der Waals surface area contributed by atoms with Crippen molar-refractivity contribution in [2.45, 2.75) is 12.8 Å². The molecular formula is C18H15NO2S. The molecule has 3 rings (SSSR count). The van der Waals surface area contributed by atoms with Crippen LogP contribution in [0.25, 0.3) is 0 Å². The quantitative estimate of drug-likeness (QED) is 0.774. The van der Waals surface area contributed by atoms with Crippen LogP contribution in [0.5, 0.6) is 0 Å². The SMILES string of the molecule is O=C(O)c1cccc(Cc2nc(Cc3ccccc3)cs2)c1. The molecule has 0 aliphatic rings. The van der Waals surface area contributed by atoms with E-state index in [0.717, 1.165) is 22.7 Å². The fraction of sp³-hybridized carbons (Fsp3) is 0.111. The summed E-state index contributed by atoms with van der Waals surface area (Å²) in [5, 5.41) is 12.1. The molecule has 0 amide bonds. The third kappa shape index (κ3) is 3.59. The molecule has 0 aliphatic heterocycles. The first-order chi connectivity index (χ1) is 10.7. The topological polar surface area (TPSA) is 50.2 Å². The van der Waals surface area contributed by atoms with E-state index in [4.69, 9.17) is 5.11 Å². The Morgan fingerprint density at radius 3 is 2.55 bits per heavy atom. The van der Waals surface area contributed by atoms with Crippen molar-refractivity contribution in [2.75, 3.05) is 0 Å². The van der Waals surface area contributed by atoms with Gasteiger partial charge in [0.1, 0.15) is 0 Å². The van der Waals surface area contributed by atoms with Gasteiger partial charge in [0.05, 0.1) is 16.3 Å². The highest BCUT2D eigenvalue weighted by Gasteiger charge is 2.07. The number of aromatic nitrogens is 1. The highest BCUT2D eigenvalue weighted by molar-refractivity contribution is 7.09. The molecule has 2 aromatic carbocycles. The Labute approximate surface area is 132 Å². The predicted octanol–water partition coefficient (Wildman–Crippen LogP) is 4.02.